The fourth-order valence-electron chi connectivity index (χ4n) is 2.24. The van der Waals surface area contributed by atoms with Gasteiger partial charge in [-0.2, -0.15) is 0 Å². The molecule has 0 saturated carbocycles. The summed E-state index contributed by atoms with van der Waals surface area (Å²) < 4.78 is 5.21. The van der Waals surface area contributed by atoms with Crippen molar-refractivity contribution in [2.45, 2.75) is 26.7 Å². The van der Waals surface area contributed by atoms with Crippen molar-refractivity contribution in [2.75, 3.05) is 25.1 Å². The van der Waals surface area contributed by atoms with Gasteiger partial charge in [-0.05, 0) is 25.0 Å². The lowest BCUT2D eigenvalue weighted by Crippen LogP contribution is -2.20. The quantitative estimate of drug-likeness (QED) is 0.787. The molecule has 1 aliphatic heterocycles. The second kappa shape index (κ2) is 6.75. The van der Waals surface area contributed by atoms with Crippen LogP contribution in [0.25, 0.3) is 10.9 Å². The lowest BCUT2D eigenvalue weighted by Gasteiger charge is -2.16. The maximum absolute atomic E-state index is 6.22. The van der Waals surface area contributed by atoms with Crippen LogP contribution in [0.2, 0.25) is 5.15 Å². The van der Waals surface area contributed by atoms with Crippen LogP contribution in [-0.2, 0) is 0 Å². The minimum atomic E-state index is 0.504. The first kappa shape index (κ1) is 14.9. The van der Waals surface area contributed by atoms with Gasteiger partial charge in [-0.15, -0.1) is 0 Å². The zero-order valence-corrected chi connectivity index (χ0v) is 12.9. The van der Waals surface area contributed by atoms with Gasteiger partial charge in [-0.25, -0.2) is 9.97 Å². The van der Waals surface area contributed by atoms with E-state index in [4.69, 9.17) is 16.3 Å². The van der Waals surface area contributed by atoms with E-state index in [1.807, 2.05) is 32.0 Å². The number of ether oxygens (including phenoxy) is 1. The molecule has 0 atom stereocenters. The molecular weight excluding hydrogens is 274 g/mol. The average Bonchev–Trinajstić information content (AvgIpc) is 3.03. The molecule has 3 rings (SSSR count). The minimum absolute atomic E-state index is 0.504. The van der Waals surface area contributed by atoms with Crippen LogP contribution in [-0.4, -0.2) is 30.2 Å². The van der Waals surface area contributed by atoms with Crippen LogP contribution in [0.15, 0.2) is 18.2 Å². The topological polar surface area (TPSA) is 38.2 Å². The van der Waals surface area contributed by atoms with Crippen molar-refractivity contribution >= 4 is 28.5 Å². The van der Waals surface area contributed by atoms with Crippen molar-refractivity contribution < 1.29 is 4.74 Å². The van der Waals surface area contributed by atoms with E-state index in [1.165, 1.54) is 12.8 Å². The summed E-state index contributed by atoms with van der Waals surface area (Å²) >= 11 is 6.22. The molecule has 4 nitrogen and oxygen atoms in total. The van der Waals surface area contributed by atoms with Gasteiger partial charge in [-0.3, -0.25) is 0 Å². The highest BCUT2D eigenvalue weighted by molar-refractivity contribution is 6.34. The van der Waals surface area contributed by atoms with Crippen molar-refractivity contribution in [2.24, 2.45) is 0 Å². The van der Waals surface area contributed by atoms with E-state index in [0.717, 1.165) is 35.7 Å². The second-order valence-corrected chi connectivity index (χ2v) is 4.75. The van der Waals surface area contributed by atoms with Crippen LogP contribution in [0, 0.1) is 0 Å². The molecule has 1 saturated heterocycles. The summed E-state index contributed by atoms with van der Waals surface area (Å²) in [6.07, 6.45) is 2.38. The first-order valence-electron chi connectivity index (χ1n) is 7.04. The summed E-state index contributed by atoms with van der Waals surface area (Å²) in [4.78, 5) is 11.1. The third-order valence-corrected chi connectivity index (χ3v) is 3.52. The molecule has 2 aromatic rings. The van der Waals surface area contributed by atoms with E-state index in [1.54, 1.807) is 7.11 Å². The molecule has 1 aliphatic rings. The Labute approximate surface area is 124 Å². The van der Waals surface area contributed by atoms with Gasteiger partial charge in [0.2, 0.25) is 5.95 Å². The van der Waals surface area contributed by atoms with E-state index >= 15 is 0 Å². The monoisotopic (exact) mass is 293 g/mol. The van der Waals surface area contributed by atoms with Crippen LogP contribution < -0.4 is 9.64 Å². The van der Waals surface area contributed by atoms with Gasteiger partial charge in [0.1, 0.15) is 10.9 Å². The first-order valence-corrected chi connectivity index (χ1v) is 7.42. The molecule has 0 unspecified atom stereocenters. The van der Waals surface area contributed by atoms with Crippen molar-refractivity contribution in [1.82, 2.24) is 9.97 Å². The normalized spacial score (nSPS) is 14.1. The van der Waals surface area contributed by atoms with Crippen LogP contribution in [0.3, 0.4) is 0 Å². The number of fused-ring (bicyclic) bond motifs is 1. The molecule has 0 N–H and O–H groups in total. The number of hydrogen-bond donors (Lipinski definition) is 0. The van der Waals surface area contributed by atoms with Gasteiger partial charge in [0.05, 0.1) is 12.6 Å². The molecule has 0 radical (unpaired) electrons. The smallest absolute Gasteiger partial charge is 0.227 e. The van der Waals surface area contributed by atoms with E-state index in [0.29, 0.717) is 5.15 Å². The Hall–Kier alpha value is -1.55. The summed E-state index contributed by atoms with van der Waals surface area (Å²) in [7, 11) is 1.64. The number of rotatable bonds is 2. The maximum atomic E-state index is 6.22. The maximum Gasteiger partial charge on any atom is 0.227 e. The molecule has 0 amide bonds. The Morgan fingerprint density at radius 3 is 2.50 bits per heavy atom. The number of hydrogen-bond acceptors (Lipinski definition) is 4. The zero-order chi connectivity index (χ0) is 14.5. The lowest BCUT2D eigenvalue weighted by molar-refractivity contribution is 0.415. The molecule has 0 aliphatic carbocycles. The van der Waals surface area contributed by atoms with Gasteiger partial charge in [0.25, 0.3) is 0 Å². The van der Waals surface area contributed by atoms with Gasteiger partial charge in [0, 0.05) is 24.5 Å². The molecule has 1 aromatic carbocycles. The third kappa shape index (κ3) is 2.96. The Morgan fingerprint density at radius 1 is 1.15 bits per heavy atom. The van der Waals surface area contributed by atoms with Gasteiger partial charge in [-0.1, -0.05) is 25.4 Å². The highest BCUT2D eigenvalue weighted by Gasteiger charge is 2.16. The van der Waals surface area contributed by atoms with Crippen molar-refractivity contribution in [1.29, 1.82) is 0 Å². The van der Waals surface area contributed by atoms with Gasteiger partial charge < -0.3 is 9.64 Å². The number of aromatic nitrogens is 2. The third-order valence-electron chi connectivity index (χ3n) is 3.23. The molecule has 5 heteroatoms. The van der Waals surface area contributed by atoms with Crippen molar-refractivity contribution in [3.8, 4) is 5.75 Å². The standard InChI is InChI=1S/C13H14ClN3O.C2H6/c1-18-9-4-5-10-11(8-9)15-13(16-12(10)14)17-6-2-3-7-17;1-2/h4-5,8H,2-3,6-7H2,1H3;1-2H3. The molecule has 1 fully saturated rings. The number of methoxy groups -OCH3 is 1. The number of benzene rings is 1. The summed E-state index contributed by atoms with van der Waals surface area (Å²) in [5.41, 5.74) is 0.830. The van der Waals surface area contributed by atoms with Gasteiger partial charge in [0.15, 0.2) is 0 Å². The van der Waals surface area contributed by atoms with E-state index < -0.39 is 0 Å². The minimum Gasteiger partial charge on any atom is -0.497 e. The number of anilines is 1. The molecule has 1 aromatic heterocycles. The number of nitrogens with zero attached hydrogens (tertiary/aromatic N) is 3. The summed E-state index contributed by atoms with van der Waals surface area (Å²) in [5, 5.41) is 1.37. The van der Waals surface area contributed by atoms with Gasteiger partial charge >= 0.3 is 0 Å². The largest absolute Gasteiger partial charge is 0.497 e. The Kier molecular flexibility index (Phi) is 5.01. The highest BCUT2D eigenvalue weighted by atomic mass is 35.5. The highest BCUT2D eigenvalue weighted by Crippen LogP contribution is 2.27. The Balaban J connectivity index is 0.000000704. The molecule has 0 bridgehead atoms. The predicted octanol–water partition coefficient (Wildman–Crippen LogP) is 3.92. The first-order chi connectivity index (χ1) is 9.78. The average molecular weight is 294 g/mol. The van der Waals surface area contributed by atoms with Crippen LogP contribution in [0.5, 0.6) is 5.75 Å². The van der Waals surface area contributed by atoms with E-state index in [2.05, 4.69) is 14.9 Å². The summed E-state index contributed by atoms with van der Waals surface area (Å²) in [6, 6.07) is 5.65. The molecule has 2 heterocycles. The van der Waals surface area contributed by atoms with Crippen molar-refractivity contribution in [3.05, 3.63) is 23.4 Å². The summed E-state index contributed by atoms with van der Waals surface area (Å²) in [6.45, 7) is 6.01. The SMILES string of the molecule is CC.COc1ccc2c(Cl)nc(N3CCCC3)nc2c1. The van der Waals surface area contributed by atoms with E-state index in [9.17, 15) is 0 Å². The summed E-state index contributed by atoms with van der Waals surface area (Å²) in [5.74, 6) is 1.50. The Bertz CT molecular complexity index is 583. The Morgan fingerprint density at radius 2 is 1.85 bits per heavy atom. The van der Waals surface area contributed by atoms with Crippen molar-refractivity contribution in [3.63, 3.8) is 0 Å². The fourth-order valence-corrected chi connectivity index (χ4v) is 2.48. The molecular formula is C15H20ClN3O. The predicted molar refractivity (Wildman–Crippen MR) is 83.9 cm³/mol. The lowest BCUT2D eigenvalue weighted by atomic mass is 10.2. The van der Waals surface area contributed by atoms with E-state index in [-0.39, 0.29) is 0 Å². The molecule has 20 heavy (non-hydrogen) atoms. The molecule has 0 spiro atoms. The van der Waals surface area contributed by atoms with Crippen LogP contribution >= 0.6 is 11.6 Å². The van der Waals surface area contributed by atoms with Crippen LogP contribution in [0.1, 0.15) is 26.7 Å². The second-order valence-electron chi connectivity index (χ2n) is 4.39. The fraction of sp³-hybridized carbons (Fsp3) is 0.467. The molecule has 108 valence electrons. The van der Waals surface area contributed by atoms with Crippen LogP contribution in [0.4, 0.5) is 5.95 Å². The number of halogens is 1. The zero-order valence-electron chi connectivity index (χ0n) is 12.2.